The zero-order chi connectivity index (χ0) is 22.8. The molecule has 0 saturated heterocycles. The van der Waals surface area contributed by atoms with Gasteiger partial charge in [-0.25, -0.2) is 17.7 Å². The van der Waals surface area contributed by atoms with E-state index in [-0.39, 0.29) is 29.7 Å². The molecule has 0 aliphatic carbocycles. The third-order valence-corrected chi connectivity index (χ3v) is 4.94. The Hall–Kier alpha value is -3.92. The topological polar surface area (TPSA) is 88.6 Å². The standard InChI is InChI=1S/C22H17F3N4O3/c23-15-4-1-13(2-5-15)20-17(12-30)21-22(32)28(7-8-29(21)27-20)11-19(31)26-10-14-3-6-16(24)9-18(14)25/h1-9,30H,10-12H2,(H,26,31). The molecule has 0 fully saturated rings. The Bertz CT molecular complexity index is 1360. The average Bonchev–Trinajstić information content (AvgIpc) is 3.15. The molecule has 0 aliphatic heterocycles. The van der Waals surface area contributed by atoms with E-state index in [4.69, 9.17) is 0 Å². The van der Waals surface area contributed by atoms with Crippen LogP contribution in [0.4, 0.5) is 13.2 Å². The van der Waals surface area contributed by atoms with E-state index >= 15 is 0 Å². The summed E-state index contributed by atoms with van der Waals surface area (Å²) in [6.07, 6.45) is 2.81. The molecule has 2 N–H and O–H groups in total. The fraction of sp³-hybridized carbons (Fsp3) is 0.136. The molecular weight excluding hydrogens is 425 g/mol. The predicted molar refractivity (Wildman–Crippen MR) is 109 cm³/mol. The molecule has 4 rings (SSSR count). The number of nitrogens with zero attached hydrogens (tertiary/aromatic N) is 3. The Morgan fingerprint density at radius 1 is 1.03 bits per heavy atom. The highest BCUT2D eigenvalue weighted by atomic mass is 19.1. The van der Waals surface area contributed by atoms with Crippen LogP contribution in [0.5, 0.6) is 0 Å². The van der Waals surface area contributed by atoms with Crippen molar-refractivity contribution in [2.24, 2.45) is 0 Å². The van der Waals surface area contributed by atoms with Crippen LogP contribution in [-0.2, 0) is 24.5 Å². The molecule has 0 aliphatic rings. The summed E-state index contributed by atoms with van der Waals surface area (Å²) in [4.78, 5) is 25.2. The summed E-state index contributed by atoms with van der Waals surface area (Å²) in [6, 6.07) is 8.47. The first kappa shape index (κ1) is 21.3. The van der Waals surface area contributed by atoms with E-state index in [9.17, 15) is 27.9 Å². The minimum atomic E-state index is -0.788. The molecule has 0 saturated carbocycles. The van der Waals surface area contributed by atoms with Crippen LogP contribution in [0.3, 0.4) is 0 Å². The molecule has 0 unspecified atom stereocenters. The number of nitrogens with one attached hydrogen (secondary N) is 1. The number of rotatable bonds is 6. The molecule has 0 atom stereocenters. The lowest BCUT2D eigenvalue weighted by atomic mass is 10.1. The summed E-state index contributed by atoms with van der Waals surface area (Å²) in [5.74, 6) is -2.51. The molecule has 0 radical (unpaired) electrons. The van der Waals surface area contributed by atoms with Crippen molar-refractivity contribution in [3.63, 3.8) is 0 Å². The zero-order valence-corrected chi connectivity index (χ0v) is 16.6. The fourth-order valence-corrected chi connectivity index (χ4v) is 3.33. The highest BCUT2D eigenvalue weighted by Crippen LogP contribution is 2.25. The van der Waals surface area contributed by atoms with E-state index < -0.39 is 35.5 Å². The van der Waals surface area contributed by atoms with Gasteiger partial charge in [0.2, 0.25) is 5.91 Å². The number of fused-ring (bicyclic) bond motifs is 1. The van der Waals surface area contributed by atoms with E-state index in [2.05, 4.69) is 10.4 Å². The van der Waals surface area contributed by atoms with Gasteiger partial charge in [-0.3, -0.25) is 9.59 Å². The first-order chi connectivity index (χ1) is 15.4. The van der Waals surface area contributed by atoms with Gasteiger partial charge in [-0.15, -0.1) is 0 Å². The van der Waals surface area contributed by atoms with Crippen LogP contribution in [-0.4, -0.2) is 25.2 Å². The molecule has 7 nitrogen and oxygen atoms in total. The Kier molecular flexibility index (Phi) is 5.78. The number of carbonyl (C=O) groups is 1. The first-order valence-corrected chi connectivity index (χ1v) is 9.55. The lowest BCUT2D eigenvalue weighted by Gasteiger charge is -2.09. The summed E-state index contributed by atoms with van der Waals surface area (Å²) in [5, 5.41) is 16.6. The molecule has 164 valence electrons. The lowest BCUT2D eigenvalue weighted by Crippen LogP contribution is -2.32. The molecule has 0 spiro atoms. The monoisotopic (exact) mass is 442 g/mol. The molecule has 4 aromatic rings. The molecule has 2 heterocycles. The Morgan fingerprint density at radius 2 is 1.75 bits per heavy atom. The minimum absolute atomic E-state index is 0.0757. The SMILES string of the molecule is O=C(Cn1ccn2nc(-c3ccc(F)cc3)c(CO)c2c1=O)NCc1ccc(F)cc1F. The van der Waals surface area contributed by atoms with Crippen LogP contribution in [0.2, 0.25) is 0 Å². The largest absolute Gasteiger partial charge is 0.392 e. The van der Waals surface area contributed by atoms with E-state index in [1.807, 2.05) is 0 Å². The Labute approximate surface area is 179 Å². The molecule has 0 bridgehead atoms. The van der Waals surface area contributed by atoms with E-state index in [1.165, 1.54) is 47.2 Å². The lowest BCUT2D eigenvalue weighted by molar-refractivity contribution is -0.121. The summed E-state index contributed by atoms with van der Waals surface area (Å²) < 4.78 is 42.3. The number of halogens is 3. The second-order valence-electron chi connectivity index (χ2n) is 7.03. The second-order valence-corrected chi connectivity index (χ2v) is 7.03. The van der Waals surface area contributed by atoms with Gasteiger partial charge < -0.3 is 15.0 Å². The molecule has 32 heavy (non-hydrogen) atoms. The van der Waals surface area contributed by atoms with Gasteiger partial charge in [0.05, 0.1) is 12.3 Å². The van der Waals surface area contributed by atoms with Crippen molar-refractivity contribution in [2.75, 3.05) is 0 Å². The molecular formula is C22H17F3N4O3. The van der Waals surface area contributed by atoms with Crippen molar-refractivity contribution < 1.29 is 23.1 Å². The van der Waals surface area contributed by atoms with Crippen molar-refractivity contribution in [2.45, 2.75) is 19.7 Å². The summed E-state index contributed by atoms with van der Waals surface area (Å²) in [5.41, 5.74) is 0.685. The van der Waals surface area contributed by atoms with Gasteiger partial charge in [0, 0.05) is 41.7 Å². The molecule has 1 amide bonds. The number of aliphatic hydroxyl groups excluding tert-OH is 1. The zero-order valence-electron chi connectivity index (χ0n) is 16.6. The highest BCUT2D eigenvalue weighted by Gasteiger charge is 2.18. The molecule has 10 heteroatoms. The van der Waals surface area contributed by atoms with Crippen molar-refractivity contribution in [1.29, 1.82) is 0 Å². The normalized spacial score (nSPS) is 11.1. The summed E-state index contributed by atoms with van der Waals surface area (Å²) in [6.45, 7) is -1.03. The van der Waals surface area contributed by atoms with Crippen LogP contribution < -0.4 is 10.9 Å². The van der Waals surface area contributed by atoms with Gasteiger partial charge in [-0.2, -0.15) is 5.10 Å². The number of hydrogen-bond acceptors (Lipinski definition) is 4. The minimum Gasteiger partial charge on any atom is -0.392 e. The van der Waals surface area contributed by atoms with Gasteiger partial charge in [0.1, 0.15) is 29.5 Å². The van der Waals surface area contributed by atoms with Gasteiger partial charge >= 0.3 is 0 Å². The maximum Gasteiger partial charge on any atom is 0.277 e. The smallest absolute Gasteiger partial charge is 0.277 e. The van der Waals surface area contributed by atoms with E-state index in [0.29, 0.717) is 17.3 Å². The van der Waals surface area contributed by atoms with Crippen molar-refractivity contribution in [1.82, 2.24) is 19.5 Å². The van der Waals surface area contributed by atoms with E-state index in [1.54, 1.807) is 0 Å². The van der Waals surface area contributed by atoms with Gasteiger partial charge in [-0.1, -0.05) is 6.07 Å². The summed E-state index contributed by atoms with van der Waals surface area (Å²) >= 11 is 0. The maximum atomic E-state index is 13.7. The number of carbonyl (C=O) groups excluding carboxylic acids is 1. The van der Waals surface area contributed by atoms with Gasteiger partial charge in [-0.05, 0) is 30.3 Å². The summed E-state index contributed by atoms with van der Waals surface area (Å²) in [7, 11) is 0. The second kappa shape index (κ2) is 8.67. The van der Waals surface area contributed by atoms with Crippen molar-refractivity contribution in [3.8, 4) is 11.3 Å². The number of aliphatic hydroxyl groups is 1. The highest BCUT2D eigenvalue weighted by molar-refractivity contribution is 5.76. The average molecular weight is 442 g/mol. The number of hydrogen-bond donors (Lipinski definition) is 2. The van der Waals surface area contributed by atoms with Crippen LogP contribution in [0.15, 0.2) is 59.7 Å². The molecule has 2 aromatic carbocycles. The van der Waals surface area contributed by atoms with Gasteiger partial charge in [0.25, 0.3) is 5.56 Å². The number of amides is 1. The maximum absolute atomic E-state index is 13.7. The first-order valence-electron chi connectivity index (χ1n) is 9.55. The Balaban J connectivity index is 1.59. The third-order valence-electron chi connectivity index (χ3n) is 4.94. The van der Waals surface area contributed by atoms with Crippen LogP contribution in [0, 0.1) is 17.5 Å². The van der Waals surface area contributed by atoms with Crippen LogP contribution in [0.25, 0.3) is 16.8 Å². The van der Waals surface area contributed by atoms with Crippen LogP contribution >= 0.6 is 0 Å². The van der Waals surface area contributed by atoms with Crippen molar-refractivity contribution >= 4 is 11.4 Å². The number of aromatic nitrogens is 3. The predicted octanol–water partition coefficient (Wildman–Crippen LogP) is 2.39. The number of benzene rings is 2. The van der Waals surface area contributed by atoms with Gasteiger partial charge in [0.15, 0.2) is 0 Å². The van der Waals surface area contributed by atoms with E-state index in [0.717, 1.165) is 10.6 Å². The third kappa shape index (κ3) is 4.12. The quantitative estimate of drug-likeness (QED) is 0.480. The molecule has 2 aromatic heterocycles. The Morgan fingerprint density at radius 3 is 2.44 bits per heavy atom. The fourth-order valence-electron chi connectivity index (χ4n) is 3.33. The van der Waals surface area contributed by atoms with Crippen LogP contribution in [0.1, 0.15) is 11.1 Å². The van der Waals surface area contributed by atoms with Crippen molar-refractivity contribution in [3.05, 3.63) is 93.8 Å².